The van der Waals surface area contributed by atoms with Gasteiger partial charge in [-0.3, -0.25) is 0 Å². The Hall–Kier alpha value is -0.623. The molecule has 1 aromatic heterocycles. The summed E-state index contributed by atoms with van der Waals surface area (Å²) in [5.41, 5.74) is 2.73. The van der Waals surface area contributed by atoms with Crippen LogP contribution in [-0.2, 0) is 17.9 Å². The van der Waals surface area contributed by atoms with Crippen LogP contribution < -0.4 is 0 Å². The van der Waals surface area contributed by atoms with Crippen molar-refractivity contribution in [3.63, 3.8) is 0 Å². The van der Waals surface area contributed by atoms with Crippen molar-refractivity contribution in [1.29, 1.82) is 0 Å². The molecule has 0 spiro atoms. The minimum atomic E-state index is -1.03. The van der Waals surface area contributed by atoms with Crippen molar-refractivity contribution >= 4 is 34.9 Å². The van der Waals surface area contributed by atoms with E-state index in [1.165, 1.54) is 41.9 Å². The Morgan fingerprint density at radius 3 is 2.76 bits per heavy atom. The lowest BCUT2D eigenvalue weighted by atomic mass is 10.0. The third kappa shape index (κ3) is 4.97. The number of hydrogen-bond acceptors (Lipinski definition) is 2. The average molecular weight is 423 g/mol. The molecule has 1 atom stereocenters. The Morgan fingerprint density at radius 2 is 2.08 bits per heavy atom. The minimum Gasteiger partial charge on any atom is -0.361 e. The zero-order chi connectivity index (χ0) is 18.0. The van der Waals surface area contributed by atoms with Crippen LogP contribution in [0.2, 0.25) is 25.7 Å². The van der Waals surface area contributed by atoms with E-state index in [1.54, 1.807) is 0 Å². The maximum Gasteiger partial charge on any atom is 0.122 e. The molecular weight excluding hydrogens is 392 g/mol. The predicted molar refractivity (Wildman–Crippen MR) is 113 cm³/mol. The van der Waals surface area contributed by atoms with Gasteiger partial charge in [-0.2, -0.15) is 0 Å². The molecule has 1 aliphatic rings. The molecule has 3 nitrogen and oxygen atoms in total. The average Bonchev–Trinajstić information content (AvgIpc) is 3.08. The Balaban J connectivity index is 1.76. The summed E-state index contributed by atoms with van der Waals surface area (Å²) in [5, 5.41) is 1.36. The van der Waals surface area contributed by atoms with E-state index in [9.17, 15) is 0 Å². The molecule has 0 N–H and O–H groups in total. The summed E-state index contributed by atoms with van der Waals surface area (Å²) in [6.45, 7) is 9.95. The van der Waals surface area contributed by atoms with Crippen molar-refractivity contribution in [3.05, 3.63) is 34.4 Å². The molecule has 0 radical (unpaired) electrons. The Labute approximate surface area is 161 Å². The summed E-state index contributed by atoms with van der Waals surface area (Å²) in [6, 6.07) is 8.50. The Kier molecular flexibility index (Phi) is 6.09. The molecule has 0 saturated carbocycles. The standard InChI is InChI=1S/C20H31BrN2OSi/c1-22-9-5-6-18(22)12-16-14-23(15-24-10-11-25(2,3)4)20-8-7-17(21)13-19(16)20/h7-8,13-14,18H,5-6,9-12,15H2,1-4H3/t18-/m1/s1. The third-order valence-corrected chi connectivity index (χ3v) is 7.48. The van der Waals surface area contributed by atoms with Gasteiger partial charge in [-0.05, 0) is 62.7 Å². The first kappa shape index (κ1) is 19.1. The van der Waals surface area contributed by atoms with E-state index >= 15 is 0 Å². The van der Waals surface area contributed by atoms with Crippen LogP contribution in [0.15, 0.2) is 28.9 Å². The molecule has 25 heavy (non-hydrogen) atoms. The monoisotopic (exact) mass is 422 g/mol. The quantitative estimate of drug-likeness (QED) is 0.441. The molecule has 0 bridgehead atoms. The lowest BCUT2D eigenvalue weighted by Gasteiger charge is -2.18. The second kappa shape index (κ2) is 7.95. The number of ether oxygens (including phenoxy) is 1. The number of likely N-dealkylation sites (N-methyl/N-ethyl adjacent to an activating group) is 1. The van der Waals surface area contributed by atoms with Crippen LogP contribution in [0.25, 0.3) is 10.9 Å². The van der Waals surface area contributed by atoms with Crippen LogP contribution in [-0.4, -0.2) is 43.8 Å². The first-order valence-corrected chi connectivity index (χ1v) is 13.9. The zero-order valence-electron chi connectivity index (χ0n) is 16.0. The van der Waals surface area contributed by atoms with Crippen LogP contribution in [0.5, 0.6) is 0 Å². The van der Waals surface area contributed by atoms with E-state index in [4.69, 9.17) is 4.74 Å². The SMILES string of the molecule is CN1CCC[C@@H]1Cc1cn(COCC[Si](C)(C)C)c2ccc(Br)cc12. The highest BCUT2D eigenvalue weighted by Crippen LogP contribution is 2.29. The number of rotatable bonds is 7. The van der Waals surface area contributed by atoms with Crippen LogP contribution in [0.4, 0.5) is 0 Å². The summed E-state index contributed by atoms with van der Waals surface area (Å²) >= 11 is 3.64. The molecule has 0 unspecified atom stereocenters. The van der Waals surface area contributed by atoms with Gasteiger partial charge in [-0.25, -0.2) is 0 Å². The fraction of sp³-hybridized carbons (Fsp3) is 0.600. The van der Waals surface area contributed by atoms with E-state index < -0.39 is 8.07 Å². The van der Waals surface area contributed by atoms with E-state index in [0.717, 1.165) is 17.5 Å². The van der Waals surface area contributed by atoms with Gasteiger partial charge < -0.3 is 14.2 Å². The number of benzene rings is 1. The first-order chi connectivity index (χ1) is 11.8. The number of hydrogen-bond donors (Lipinski definition) is 0. The highest BCUT2D eigenvalue weighted by molar-refractivity contribution is 9.10. The van der Waals surface area contributed by atoms with Crippen molar-refractivity contribution in [2.45, 2.75) is 57.7 Å². The lowest BCUT2D eigenvalue weighted by molar-refractivity contribution is 0.0901. The zero-order valence-corrected chi connectivity index (χ0v) is 18.6. The van der Waals surface area contributed by atoms with Crippen LogP contribution >= 0.6 is 15.9 Å². The van der Waals surface area contributed by atoms with Crippen LogP contribution in [0.1, 0.15) is 18.4 Å². The summed E-state index contributed by atoms with van der Waals surface area (Å²) in [7, 11) is 1.23. The highest BCUT2D eigenvalue weighted by Gasteiger charge is 2.23. The van der Waals surface area contributed by atoms with Gasteiger partial charge in [-0.15, -0.1) is 0 Å². The topological polar surface area (TPSA) is 17.4 Å². The normalized spacial score (nSPS) is 19.2. The predicted octanol–water partition coefficient (Wildman–Crippen LogP) is 5.35. The molecule has 0 amide bonds. The van der Waals surface area contributed by atoms with Gasteiger partial charge in [0.05, 0.1) is 5.52 Å². The first-order valence-electron chi connectivity index (χ1n) is 9.39. The Morgan fingerprint density at radius 1 is 1.28 bits per heavy atom. The summed E-state index contributed by atoms with van der Waals surface area (Å²) in [6.07, 6.45) is 6.08. The Bertz CT molecular complexity index is 722. The van der Waals surface area contributed by atoms with Gasteiger partial charge in [-0.1, -0.05) is 35.6 Å². The van der Waals surface area contributed by atoms with E-state index in [1.807, 2.05) is 0 Å². The molecule has 2 heterocycles. The van der Waals surface area contributed by atoms with Gasteiger partial charge in [0, 0.05) is 36.8 Å². The van der Waals surface area contributed by atoms with Gasteiger partial charge in [0.2, 0.25) is 0 Å². The van der Waals surface area contributed by atoms with Crippen LogP contribution in [0, 0.1) is 0 Å². The molecule has 2 aromatic rings. The number of halogens is 1. The number of fused-ring (bicyclic) bond motifs is 1. The largest absolute Gasteiger partial charge is 0.361 e. The van der Waals surface area contributed by atoms with Crippen molar-refractivity contribution in [3.8, 4) is 0 Å². The molecule has 3 rings (SSSR count). The van der Waals surface area contributed by atoms with Gasteiger partial charge >= 0.3 is 0 Å². The molecule has 5 heteroatoms. The fourth-order valence-corrected chi connectivity index (χ4v) is 4.76. The molecular formula is C20H31BrN2OSi. The lowest BCUT2D eigenvalue weighted by Crippen LogP contribution is -2.26. The maximum absolute atomic E-state index is 6.01. The van der Waals surface area contributed by atoms with Crippen LogP contribution in [0.3, 0.4) is 0 Å². The van der Waals surface area contributed by atoms with E-state index in [0.29, 0.717) is 12.8 Å². The number of nitrogens with zero attached hydrogens (tertiary/aromatic N) is 2. The molecule has 1 saturated heterocycles. The molecule has 1 fully saturated rings. The summed E-state index contributed by atoms with van der Waals surface area (Å²) in [5.74, 6) is 0. The second-order valence-electron chi connectivity index (χ2n) is 8.61. The van der Waals surface area contributed by atoms with Gasteiger partial charge in [0.15, 0.2) is 0 Å². The fourth-order valence-electron chi connectivity index (χ4n) is 3.64. The van der Waals surface area contributed by atoms with Crippen molar-refractivity contribution in [2.24, 2.45) is 0 Å². The minimum absolute atomic E-state index is 0.656. The van der Waals surface area contributed by atoms with Crippen molar-refractivity contribution < 1.29 is 4.74 Å². The van der Waals surface area contributed by atoms with Crippen molar-refractivity contribution in [1.82, 2.24) is 9.47 Å². The molecule has 0 aliphatic carbocycles. The van der Waals surface area contributed by atoms with Gasteiger partial charge in [0.1, 0.15) is 6.73 Å². The highest BCUT2D eigenvalue weighted by atomic mass is 79.9. The number of likely N-dealkylation sites (tertiary alicyclic amines) is 1. The smallest absolute Gasteiger partial charge is 0.122 e. The molecule has 1 aromatic carbocycles. The van der Waals surface area contributed by atoms with E-state index in [2.05, 4.69) is 76.5 Å². The van der Waals surface area contributed by atoms with Crippen molar-refractivity contribution in [2.75, 3.05) is 20.2 Å². The third-order valence-electron chi connectivity index (χ3n) is 5.28. The maximum atomic E-state index is 6.01. The van der Waals surface area contributed by atoms with Gasteiger partial charge in [0.25, 0.3) is 0 Å². The summed E-state index contributed by atoms with van der Waals surface area (Å²) in [4.78, 5) is 2.51. The molecule has 138 valence electrons. The molecule has 1 aliphatic heterocycles. The van der Waals surface area contributed by atoms with E-state index in [-0.39, 0.29) is 0 Å². The second-order valence-corrected chi connectivity index (χ2v) is 15.2. The number of aromatic nitrogens is 1. The summed E-state index contributed by atoms with van der Waals surface area (Å²) < 4.78 is 9.45.